The minimum atomic E-state index is -0.627. The molecule has 1 atom stereocenters. The van der Waals surface area contributed by atoms with Gasteiger partial charge in [-0.2, -0.15) is 0 Å². The van der Waals surface area contributed by atoms with E-state index in [9.17, 15) is 10.2 Å². The van der Waals surface area contributed by atoms with E-state index in [2.05, 4.69) is 62.4 Å². The summed E-state index contributed by atoms with van der Waals surface area (Å²) in [6, 6.07) is 27.6. The second-order valence-electron chi connectivity index (χ2n) is 10.5. The number of phenols is 2. The molecule has 1 heterocycles. The molecule has 3 nitrogen and oxygen atoms in total. The average Bonchev–Trinajstić information content (AvgIpc) is 3.07. The molecule has 2 aliphatic rings. The lowest BCUT2D eigenvalue weighted by Crippen LogP contribution is -2.43. The summed E-state index contributed by atoms with van der Waals surface area (Å²) in [7, 11) is 0. The Balaban J connectivity index is 1.69. The largest absolute Gasteiger partial charge is 0.508 e. The number of hydrogen-bond donors (Lipinski definition) is 2. The van der Waals surface area contributed by atoms with Crippen LogP contribution in [0.4, 0.5) is 0 Å². The van der Waals surface area contributed by atoms with Crippen molar-refractivity contribution < 1.29 is 14.9 Å². The zero-order valence-electron chi connectivity index (χ0n) is 20.7. The van der Waals surface area contributed by atoms with Crippen molar-refractivity contribution in [3.63, 3.8) is 0 Å². The Morgan fingerprint density at radius 3 is 1.78 bits per heavy atom. The smallest absolute Gasteiger partial charge is 0.132 e. The van der Waals surface area contributed by atoms with E-state index >= 15 is 0 Å². The average molecular weight is 483 g/mol. The van der Waals surface area contributed by atoms with E-state index in [0.29, 0.717) is 0 Å². The Morgan fingerprint density at radius 1 is 0.649 bits per heavy atom. The van der Waals surface area contributed by atoms with Crippen LogP contribution in [-0.2, 0) is 5.41 Å². The van der Waals surface area contributed by atoms with Gasteiger partial charge in [0.25, 0.3) is 0 Å². The summed E-state index contributed by atoms with van der Waals surface area (Å²) in [5.41, 5.74) is 0.917. The van der Waals surface area contributed by atoms with E-state index in [4.69, 9.17) is 4.74 Å². The third-order valence-corrected chi connectivity index (χ3v) is 8.40. The lowest BCUT2D eigenvalue weighted by atomic mass is 9.55. The Labute approximate surface area is 214 Å². The number of allylic oxidation sites excluding steroid dienone is 2. The number of phenolic OH excluding ortho intramolecular Hbond substituents is 2. The predicted octanol–water partition coefficient (Wildman–Crippen LogP) is 6.65. The van der Waals surface area contributed by atoms with Crippen LogP contribution in [-0.4, -0.2) is 10.2 Å². The summed E-state index contributed by atoms with van der Waals surface area (Å²) >= 11 is 0. The van der Waals surface area contributed by atoms with E-state index in [1.54, 1.807) is 12.1 Å². The number of ether oxygens (including phenoxy) is 1. The minimum absolute atomic E-state index is 0.217. The minimum Gasteiger partial charge on any atom is -0.508 e. The van der Waals surface area contributed by atoms with E-state index in [0.717, 1.165) is 49.4 Å². The molecule has 1 aliphatic carbocycles. The molecule has 37 heavy (non-hydrogen) atoms. The van der Waals surface area contributed by atoms with Crippen molar-refractivity contribution in [2.24, 2.45) is 5.41 Å². The number of aromatic hydroxyl groups is 2. The normalized spacial score (nSPS) is 19.1. The van der Waals surface area contributed by atoms with Gasteiger partial charge in [0, 0.05) is 22.0 Å². The van der Waals surface area contributed by atoms with Crippen molar-refractivity contribution in [3.8, 4) is 23.0 Å². The molecule has 2 N–H and O–H groups in total. The summed E-state index contributed by atoms with van der Waals surface area (Å²) in [5, 5.41) is 27.4. The van der Waals surface area contributed by atoms with Crippen LogP contribution in [0.3, 0.4) is 0 Å². The molecule has 5 aromatic carbocycles. The third-order valence-electron chi connectivity index (χ3n) is 8.40. The van der Waals surface area contributed by atoms with Crippen LogP contribution in [0.5, 0.6) is 23.0 Å². The van der Waals surface area contributed by atoms with Gasteiger partial charge in [-0.3, -0.25) is 0 Å². The molecule has 7 rings (SSSR count). The van der Waals surface area contributed by atoms with Crippen molar-refractivity contribution in [3.05, 3.63) is 119 Å². The number of hydrogen-bond acceptors (Lipinski definition) is 3. The van der Waals surface area contributed by atoms with E-state index in [1.807, 2.05) is 48.5 Å². The van der Waals surface area contributed by atoms with Gasteiger partial charge in [0.05, 0.1) is 0 Å². The van der Waals surface area contributed by atoms with Crippen molar-refractivity contribution in [2.75, 3.05) is 0 Å². The summed E-state index contributed by atoms with van der Waals surface area (Å²) in [6.07, 6.45) is 8.93. The van der Waals surface area contributed by atoms with E-state index < -0.39 is 10.8 Å². The predicted molar refractivity (Wildman–Crippen MR) is 150 cm³/mol. The van der Waals surface area contributed by atoms with Crippen LogP contribution in [0.2, 0.25) is 0 Å². The van der Waals surface area contributed by atoms with Gasteiger partial charge in [-0.05, 0) is 75.3 Å². The van der Waals surface area contributed by atoms with Gasteiger partial charge >= 0.3 is 0 Å². The molecule has 0 fully saturated rings. The van der Waals surface area contributed by atoms with Gasteiger partial charge in [-0.1, -0.05) is 79.8 Å². The van der Waals surface area contributed by atoms with E-state index in [-0.39, 0.29) is 11.5 Å². The number of fused-ring (bicyclic) bond motifs is 7. The second-order valence-corrected chi connectivity index (χ2v) is 10.5. The maximum Gasteiger partial charge on any atom is 0.132 e. The molecule has 0 amide bonds. The van der Waals surface area contributed by atoms with Crippen LogP contribution in [0.1, 0.15) is 25.0 Å². The summed E-state index contributed by atoms with van der Waals surface area (Å²) in [6.45, 7) is 4.54. The lowest BCUT2D eigenvalue weighted by molar-refractivity contribution is 0.318. The Morgan fingerprint density at radius 2 is 1.19 bits per heavy atom. The fourth-order valence-corrected chi connectivity index (χ4v) is 6.39. The standard InChI is InChI=1S/C34H26O3/c1-33(17-5-8-21-6-3-4-7-24(21)20-33)34(2)31-27-18-25(35)13-9-22(27)11-15-29(31)37-30-16-12-23-10-14-26(36)19-28(23)32(30)34/h3-20,35-36H,1-2H3. The van der Waals surface area contributed by atoms with Crippen molar-refractivity contribution >= 4 is 33.7 Å². The molecule has 0 bridgehead atoms. The topological polar surface area (TPSA) is 49.7 Å². The zero-order valence-corrected chi connectivity index (χ0v) is 20.7. The highest BCUT2D eigenvalue weighted by molar-refractivity contribution is 5.97. The number of benzene rings is 5. The molecular weight excluding hydrogens is 456 g/mol. The van der Waals surface area contributed by atoms with E-state index in [1.165, 1.54) is 5.22 Å². The molecule has 3 heteroatoms. The van der Waals surface area contributed by atoms with Crippen molar-refractivity contribution in [2.45, 2.75) is 19.3 Å². The van der Waals surface area contributed by atoms with Crippen LogP contribution in [0.15, 0.2) is 97.1 Å². The third kappa shape index (κ3) is 3.01. The Hall–Kier alpha value is -4.50. The molecule has 0 saturated carbocycles. The molecule has 0 spiro atoms. The first-order valence-corrected chi connectivity index (χ1v) is 12.6. The molecule has 0 saturated heterocycles. The summed E-state index contributed by atoms with van der Waals surface area (Å²) < 4.78 is 6.60. The van der Waals surface area contributed by atoms with Gasteiger partial charge < -0.3 is 14.9 Å². The monoisotopic (exact) mass is 482 g/mol. The maximum absolute atomic E-state index is 10.6. The second kappa shape index (κ2) is 7.50. The van der Waals surface area contributed by atoms with Crippen LogP contribution < -0.4 is 15.2 Å². The first kappa shape index (κ1) is 21.8. The van der Waals surface area contributed by atoms with Crippen molar-refractivity contribution in [1.82, 2.24) is 0 Å². The zero-order chi connectivity index (χ0) is 25.4. The quantitative estimate of drug-likeness (QED) is 0.281. The van der Waals surface area contributed by atoms with Crippen LogP contribution in [0.25, 0.3) is 33.7 Å². The first-order chi connectivity index (χ1) is 17.9. The molecule has 1 unspecified atom stereocenters. The Kier molecular flexibility index (Phi) is 4.41. The molecule has 5 aromatic rings. The highest BCUT2D eigenvalue weighted by atomic mass is 16.5. The fraction of sp³-hybridized carbons (Fsp3) is 0.118. The van der Waals surface area contributed by atoms with Gasteiger partial charge in [0.15, 0.2) is 0 Å². The summed E-state index contributed by atoms with van der Waals surface area (Å²) in [4.78, 5) is 0. The Bertz CT molecular complexity index is 1820. The van der Waals surface area contributed by atoms with Crippen LogP contribution >= 0.6 is 0 Å². The van der Waals surface area contributed by atoms with Crippen LogP contribution in [0, 0.1) is 5.41 Å². The van der Waals surface area contributed by atoms with Gasteiger partial charge in [-0.25, -0.2) is 0 Å². The lowest BCUT2D eigenvalue weighted by Gasteiger charge is -2.48. The molecule has 0 radical (unpaired) electrons. The molecule has 0 aromatic heterocycles. The van der Waals surface area contributed by atoms with Crippen molar-refractivity contribution in [1.29, 1.82) is 0 Å². The SMILES string of the molecule is CC1(C2(C)c3c(ccc4ccc(O)cc34)Oc3ccc4ccc(O)cc4c32)C=CC=c2ccccc2=C1. The van der Waals surface area contributed by atoms with Gasteiger partial charge in [0.1, 0.15) is 23.0 Å². The molecular formula is C34H26O3. The summed E-state index contributed by atoms with van der Waals surface area (Å²) in [5.74, 6) is 1.98. The van der Waals surface area contributed by atoms with Gasteiger partial charge in [-0.15, -0.1) is 0 Å². The maximum atomic E-state index is 10.6. The van der Waals surface area contributed by atoms with Gasteiger partial charge in [0.2, 0.25) is 0 Å². The molecule has 1 aliphatic heterocycles. The fourth-order valence-electron chi connectivity index (χ4n) is 6.39. The first-order valence-electron chi connectivity index (χ1n) is 12.6. The highest BCUT2D eigenvalue weighted by Gasteiger charge is 2.51. The number of rotatable bonds is 1. The molecule has 180 valence electrons. The highest BCUT2D eigenvalue weighted by Crippen LogP contribution is 2.61.